The van der Waals surface area contributed by atoms with Gasteiger partial charge in [0.25, 0.3) is 5.91 Å². The third-order valence-electron chi connectivity index (χ3n) is 5.61. The fourth-order valence-electron chi connectivity index (χ4n) is 3.95. The number of nitro groups is 1. The molecule has 1 heterocycles. The van der Waals surface area contributed by atoms with E-state index < -0.39 is 40.1 Å². The SMILES string of the molecule is COc1ccc(C(=O)CC2(O)C(=O)N(Cc3ccc(F)cc3)c3ccccc32)cc1[N+](=O)[O-]. The van der Waals surface area contributed by atoms with Gasteiger partial charge in [-0.25, -0.2) is 4.39 Å². The van der Waals surface area contributed by atoms with E-state index in [2.05, 4.69) is 0 Å². The monoisotopic (exact) mass is 450 g/mol. The fourth-order valence-corrected chi connectivity index (χ4v) is 3.95. The summed E-state index contributed by atoms with van der Waals surface area (Å²) in [6.45, 7) is 0.0701. The van der Waals surface area contributed by atoms with Crippen molar-refractivity contribution in [1.82, 2.24) is 0 Å². The molecule has 1 atom stereocenters. The minimum absolute atomic E-state index is 0.0111. The van der Waals surface area contributed by atoms with Crippen molar-refractivity contribution in [1.29, 1.82) is 0 Å². The zero-order valence-corrected chi connectivity index (χ0v) is 17.5. The summed E-state index contributed by atoms with van der Waals surface area (Å²) in [5.74, 6) is -1.77. The summed E-state index contributed by atoms with van der Waals surface area (Å²) in [5, 5.41) is 22.7. The Bertz CT molecular complexity index is 1260. The van der Waals surface area contributed by atoms with Crippen LogP contribution >= 0.6 is 0 Å². The van der Waals surface area contributed by atoms with Gasteiger partial charge in [0.2, 0.25) is 0 Å². The summed E-state index contributed by atoms with van der Waals surface area (Å²) < 4.78 is 18.2. The first-order valence-electron chi connectivity index (χ1n) is 9.98. The molecule has 0 saturated heterocycles. The smallest absolute Gasteiger partial charge is 0.311 e. The van der Waals surface area contributed by atoms with Crippen molar-refractivity contribution >= 4 is 23.1 Å². The normalized spacial score (nSPS) is 17.1. The van der Waals surface area contributed by atoms with Crippen LogP contribution in [0, 0.1) is 15.9 Å². The van der Waals surface area contributed by atoms with Gasteiger partial charge in [0, 0.05) is 17.2 Å². The van der Waals surface area contributed by atoms with Crippen LogP contribution in [0.4, 0.5) is 15.8 Å². The van der Waals surface area contributed by atoms with Crippen molar-refractivity contribution in [3.05, 3.63) is 99.4 Å². The van der Waals surface area contributed by atoms with E-state index in [-0.39, 0.29) is 23.4 Å². The second kappa shape index (κ2) is 8.44. The van der Waals surface area contributed by atoms with Gasteiger partial charge in [-0.15, -0.1) is 0 Å². The Kier molecular flexibility index (Phi) is 5.65. The van der Waals surface area contributed by atoms with Crippen LogP contribution in [-0.2, 0) is 16.9 Å². The zero-order valence-electron chi connectivity index (χ0n) is 17.5. The molecule has 33 heavy (non-hydrogen) atoms. The van der Waals surface area contributed by atoms with E-state index in [0.29, 0.717) is 11.3 Å². The molecule has 1 N–H and O–H groups in total. The van der Waals surface area contributed by atoms with Crippen molar-refractivity contribution in [3.8, 4) is 5.75 Å². The molecule has 1 unspecified atom stereocenters. The van der Waals surface area contributed by atoms with Crippen LogP contribution in [0.5, 0.6) is 5.75 Å². The van der Waals surface area contributed by atoms with E-state index in [1.54, 1.807) is 24.3 Å². The lowest BCUT2D eigenvalue weighted by molar-refractivity contribution is -0.385. The number of hydrogen-bond donors (Lipinski definition) is 1. The molecular weight excluding hydrogens is 431 g/mol. The van der Waals surface area contributed by atoms with Crippen LogP contribution in [0.3, 0.4) is 0 Å². The molecule has 1 aliphatic heterocycles. The third-order valence-corrected chi connectivity index (χ3v) is 5.61. The lowest BCUT2D eigenvalue weighted by Gasteiger charge is -2.23. The predicted octanol–water partition coefficient (Wildman–Crippen LogP) is 3.75. The Morgan fingerprint density at radius 3 is 2.52 bits per heavy atom. The molecule has 0 fully saturated rings. The molecule has 1 amide bonds. The van der Waals surface area contributed by atoms with Crippen LogP contribution < -0.4 is 9.64 Å². The third kappa shape index (κ3) is 3.94. The number of nitro benzene ring substituents is 1. The Balaban J connectivity index is 1.67. The highest BCUT2D eigenvalue weighted by atomic mass is 19.1. The Hall–Kier alpha value is -4.11. The number of nitrogens with zero attached hydrogens (tertiary/aromatic N) is 2. The van der Waals surface area contributed by atoms with Crippen LogP contribution in [0.25, 0.3) is 0 Å². The molecule has 0 radical (unpaired) electrons. The maximum atomic E-state index is 13.3. The molecule has 0 saturated carbocycles. The van der Waals surface area contributed by atoms with Crippen LogP contribution in [-0.4, -0.2) is 28.8 Å². The quantitative estimate of drug-likeness (QED) is 0.334. The number of halogens is 1. The predicted molar refractivity (Wildman–Crippen MR) is 117 cm³/mol. The Morgan fingerprint density at radius 2 is 1.85 bits per heavy atom. The lowest BCUT2D eigenvalue weighted by Crippen LogP contribution is -2.41. The van der Waals surface area contributed by atoms with E-state index in [1.165, 1.54) is 48.4 Å². The molecule has 3 aromatic rings. The van der Waals surface area contributed by atoms with E-state index in [4.69, 9.17) is 4.74 Å². The second-order valence-corrected chi connectivity index (χ2v) is 7.64. The number of hydrogen-bond acceptors (Lipinski definition) is 6. The highest BCUT2D eigenvalue weighted by Gasteiger charge is 2.50. The topological polar surface area (TPSA) is 110 Å². The number of carbonyl (C=O) groups is 2. The highest BCUT2D eigenvalue weighted by Crippen LogP contribution is 2.43. The number of carbonyl (C=O) groups excluding carboxylic acids is 2. The van der Waals surface area contributed by atoms with Gasteiger partial charge in [0.15, 0.2) is 17.1 Å². The number of aliphatic hydroxyl groups is 1. The first-order chi connectivity index (χ1) is 15.7. The number of benzene rings is 3. The van der Waals surface area contributed by atoms with E-state index in [1.807, 2.05) is 0 Å². The average Bonchev–Trinajstić information content (AvgIpc) is 3.01. The summed E-state index contributed by atoms with van der Waals surface area (Å²) in [7, 11) is 1.27. The molecule has 0 spiro atoms. The minimum Gasteiger partial charge on any atom is -0.490 e. The number of anilines is 1. The van der Waals surface area contributed by atoms with Gasteiger partial charge < -0.3 is 14.7 Å². The van der Waals surface area contributed by atoms with Gasteiger partial charge in [0.05, 0.1) is 30.7 Å². The highest BCUT2D eigenvalue weighted by molar-refractivity contribution is 6.10. The number of methoxy groups -OCH3 is 1. The second-order valence-electron chi connectivity index (χ2n) is 7.64. The van der Waals surface area contributed by atoms with Gasteiger partial charge >= 0.3 is 5.69 Å². The zero-order chi connectivity index (χ0) is 23.8. The number of fused-ring (bicyclic) bond motifs is 1. The number of rotatable bonds is 7. The maximum Gasteiger partial charge on any atom is 0.311 e. The molecular formula is C24H19FN2O6. The molecule has 8 nitrogen and oxygen atoms in total. The standard InChI is InChI=1S/C24H19FN2O6/c1-33-22-11-8-16(12-20(22)27(31)32)21(28)13-24(30)18-4-2-3-5-19(18)26(23(24)29)14-15-6-9-17(25)10-7-15/h2-12,30H,13-14H2,1H3. The maximum absolute atomic E-state index is 13.3. The van der Waals surface area contributed by atoms with Crippen LogP contribution in [0.15, 0.2) is 66.7 Å². The number of amides is 1. The number of ketones is 1. The van der Waals surface area contributed by atoms with Gasteiger partial charge in [-0.05, 0) is 35.9 Å². The number of ether oxygens (including phenoxy) is 1. The van der Waals surface area contributed by atoms with Gasteiger partial charge in [-0.3, -0.25) is 19.7 Å². The fraction of sp³-hybridized carbons (Fsp3) is 0.167. The molecule has 168 valence electrons. The molecule has 0 aromatic heterocycles. The average molecular weight is 450 g/mol. The van der Waals surface area contributed by atoms with Crippen molar-refractivity contribution in [2.24, 2.45) is 0 Å². The lowest BCUT2D eigenvalue weighted by atomic mass is 9.88. The van der Waals surface area contributed by atoms with Crippen molar-refractivity contribution < 1.29 is 28.7 Å². The van der Waals surface area contributed by atoms with E-state index >= 15 is 0 Å². The summed E-state index contributed by atoms with van der Waals surface area (Å²) in [6.07, 6.45) is -0.605. The van der Waals surface area contributed by atoms with Crippen molar-refractivity contribution in [3.63, 3.8) is 0 Å². The molecule has 0 aliphatic carbocycles. The van der Waals surface area contributed by atoms with Gasteiger partial charge in [0.1, 0.15) is 5.82 Å². The molecule has 1 aliphatic rings. The van der Waals surface area contributed by atoms with Gasteiger partial charge in [-0.1, -0.05) is 30.3 Å². The number of Topliss-reactive ketones (excluding diaryl/α,β-unsaturated/α-hetero) is 1. The van der Waals surface area contributed by atoms with Crippen LogP contribution in [0.1, 0.15) is 27.9 Å². The Morgan fingerprint density at radius 1 is 1.15 bits per heavy atom. The first kappa shape index (κ1) is 22.1. The minimum atomic E-state index is -2.15. The summed E-state index contributed by atoms with van der Waals surface area (Å²) in [5.41, 5.74) is -1.25. The molecule has 0 bridgehead atoms. The largest absolute Gasteiger partial charge is 0.490 e. The summed E-state index contributed by atoms with van der Waals surface area (Å²) in [6, 6.07) is 15.9. The van der Waals surface area contributed by atoms with Gasteiger partial charge in [-0.2, -0.15) is 0 Å². The number of para-hydroxylation sites is 1. The summed E-state index contributed by atoms with van der Waals surface area (Å²) in [4.78, 5) is 38.3. The van der Waals surface area contributed by atoms with Crippen LogP contribution in [0.2, 0.25) is 0 Å². The van der Waals surface area contributed by atoms with E-state index in [0.717, 1.165) is 6.07 Å². The first-order valence-corrected chi connectivity index (χ1v) is 9.98. The Labute approximate surface area is 188 Å². The molecule has 4 rings (SSSR count). The molecule has 9 heteroatoms. The van der Waals surface area contributed by atoms with Crippen molar-refractivity contribution in [2.75, 3.05) is 12.0 Å². The van der Waals surface area contributed by atoms with E-state index in [9.17, 15) is 29.2 Å². The molecule has 3 aromatic carbocycles. The summed E-state index contributed by atoms with van der Waals surface area (Å²) >= 11 is 0. The van der Waals surface area contributed by atoms with Crippen molar-refractivity contribution in [2.45, 2.75) is 18.6 Å².